The number of carbonyl (C=O) groups excluding carboxylic acids is 2. The maximum absolute atomic E-state index is 12.1. The number of unbranched alkanes of at least 4 members (excludes halogenated alkanes) is 6. The number of carbonyl (C=O) groups is 2. The summed E-state index contributed by atoms with van der Waals surface area (Å²) in [7, 11) is 0. The average molecular weight is 471 g/mol. The zero-order valence-corrected chi connectivity index (χ0v) is 21.6. The molecule has 0 aromatic heterocycles. The fourth-order valence-corrected chi connectivity index (χ4v) is 3.78. The smallest absolute Gasteiger partial charge is 0.306 e. The van der Waals surface area contributed by atoms with Crippen LogP contribution >= 0.6 is 0 Å². The molecule has 0 aliphatic rings. The predicted octanol–water partition coefficient (Wildman–Crippen LogP) is 7.69. The zero-order valence-electron chi connectivity index (χ0n) is 21.6. The van der Waals surface area contributed by atoms with Gasteiger partial charge in [-0.2, -0.15) is 0 Å². The molecule has 0 amide bonds. The minimum Gasteiger partial charge on any atom is -0.463 e. The zero-order chi connectivity index (χ0) is 25.0. The van der Waals surface area contributed by atoms with Gasteiger partial charge in [0.2, 0.25) is 0 Å². The molecular weight excluding hydrogens is 424 g/mol. The third-order valence-electron chi connectivity index (χ3n) is 5.96. The van der Waals surface area contributed by atoms with Gasteiger partial charge >= 0.3 is 11.9 Å². The van der Waals surface area contributed by atoms with Crippen LogP contribution < -0.4 is 0 Å². The molecule has 0 aliphatic carbocycles. The maximum Gasteiger partial charge on any atom is 0.306 e. The van der Waals surface area contributed by atoms with E-state index in [-0.39, 0.29) is 24.1 Å². The van der Waals surface area contributed by atoms with Crippen LogP contribution in [0.1, 0.15) is 102 Å². The van der Waals surface area contributed by atoms with E-state index in [1.807, 2.05) is 19.9 Å². The molecule has 0 saturated carbocycles. The molecular formula is C30H46O4. The van der Waals surface area contributed by atoms with Crippen molar-refractivity contribution >= 4 is 11.9 Å². The number of esters is 2. The van der Waals surface area contributed by atoms with E-state index < -0.39 is 0 Å². The summed E-state index contributed by atoms with van der Waals surface area (Å²) in [5.74, 6) is -0.235. The van der Waals surface area contributed by atoms with Crippen LogP contribution in [0.5, 0.6) is 0 Å². The van der Waals surface area contributed by atoms with Crippen LogP contribution in [0.25, 0.3) is 0 Å². The van der Waals surface area contributed by atoms with E-state index in [0.717, 1.165) is 44.9 Å². The molecule has 0 heterocycles. The Labute approximate surface area is 207 Å². The van der Waals surface area contributed by atoms with Crippen LogP contribution in [0.3, 0.4) is 0 Å². The fraction of sp³-hybridized carbons (Fsp3) is 0.600. The van der Waals surface area contributed by atoms with Gasteiger partial charge in [0.15, 0.2) is 0 Å². The highest BCUT2D eigenvalue weighted by Crippen LogP contribution is 2.14. The lowest BCUT2D eigenvalue weighted by molar-refractivity contribution is -0.149. The molecule has 34 heavy (non-hydrogen) atoms. The molecule has 1 aromatic carbocycles. The number of rotatable bonds is 20. The molecule has 0 bridgehead atoms. The first-order valence-corrected chi connectivity index (χ1v) is 13.1. The fourth-order valence-electron chi connectivity index (χ4n) is 3.78. The molecule has 1 rings (SSSR count). The third kappa shape index (κ3) is 15.5. The van der Waals surface area contributed by atoms with Crippen molar-refractivity contribution in [3.8, 4) is 0 Å². The molecule has 4 nitrogen and oxygen atoms in total. The van der Waals surface area contributed by atoms with Crippen molar-refractivity contribution < 1.29 is 19.1 Å². The van der Waals surface area contributed by atoms with Crippen molar-refractivity contribution in [2.75, 3.05) is 0 Å². The SMILES string of the molecule is C=CCCCCCCCCC(=O)OC(C)CCc1ccc(CCC(C)OC(=O)CCC=C)cc1. The van der Waals surface area contributed by atoms with Gasteiger partial charge in [-0.15, -0.1) is 13.2 Å². The number of benzene rings is 1. The lowest BCUT2D eigenvalue weighted by Gasteiger charge is -2.14. The van der Waals surface area contributed by atoms with Gasteiger partial charge in [-0.1, -0.05) is 62.1 Å². The first-order valence-electron chi connectivity index (χ1n) is 13.1. The number of aryl methyl sites for hydroxylation is 2. The van der Waals surface area contributed by atoms with Gasteiger partial charge in [-0.05, 0) is 76.3 Å². The largest absolute Gasteiger partial charge is 0.463 e. The number of hydrogen-bond acceptors (Lipinski definition) is 4. The van der Waals surface area contributed by atoms with Crippen molar-refractivity contribution in [2.24, 2.45) is 0 Å². The molecule has 190 valence electrons. The summed E-state index contributed by atoms with van der Waals surface area (Å²) in [6.45, 7) is 11.3. The van der Waals surface area contributed by atoms with Crippen LogP contribution in [-0.2, 0) is 31.9 Å². The van der Waals surface area contributed by atoms with E-state index in [1.165, 1.54) is 36.8 Å². The molecule has 2 atom stereocenters. The Morgan fingerprint density at radius 1 is 0.706 bits per heavy atom. The second-order valence-corrected chi connectivity index (χ2v) is 9.27. The topological polar surface area (TPSA) is 52.6 Å². The highest BCUT2D eigenvalue weighted by Gasteiger charge is 2.11. The normalized spacial score (nSPS) is 12.5. The van der Waals surface area contributed by atoms with Crippen LogP contribution in [0.2, 0.25) is 0 Å². The summed E-state index contributed by atoms with van der Waals surface area (Å²) in [6, 6.07) is 8.55. The number of ether oxygens (including phenoxy) is 2. The van der Waals surface area contributed by atoms with Crippen molar-refractivity contribution in [2.45, 2.75) is 116 Å². The Bertz CT molecular complexity index is 707. The quantitative estimate of drug-likeness (QED) is 0.111. The molecule has 2 unspecified atom stereocenters. The molecule has 0 fully saturated rings. The molecule has 0 spiro atoms. The summed E-state index contributed by atoms with van der Waals surface area (Å²) in [6.07, 6.45) is 16.5. The van der Waals surface area contributed by atoms with Crippen LogP contribution in [0, 0.1) is 0 Å². The molecule has 1 aromatic rings. The standard InChI is InChI=1S/C30H46O4/c1-5-7-9-10-11-12-13-14-16-30(32)34-26(4)18-20-28-23-21-27(22-24-28)19-17-25(3)33-29(31)15-8-6-2/h5-6,21-26H,1-2,7-20H2,3-4H3. The lowest BCUT2D eigenvalue weighted by atomic mass is 10.0. The van der Waals surface area contributed by atoms with Crippen LogP contribution in [-0.4, -0.2) is 24.1 Å². The van der Waals surface area contributed by atoms with Gasteiger partial charge in [0.1, 0.15) is 0 Å². The Hall–Kier alpha value is -2.36. The molecule has 0 saturated heterocycles. The van der Waals surface area contributed by atoms with E-state index in [4.69, 9.17) is 9.47 Å². The second kappa shape index (κ2) is 19.0. The number of hydrogen-bond donors (Lipinski definition) is 0. The predicted molar refractivity (Wildman–Crippen MR) is 141 cm³/mol. The minimum atomic E-state index is -0.160. The number of allylic oxidation sites excluding steroid dienone is 2. The maximum atomic E-state index is 12.1. The Morgan fingerprint density at radius 3 is 1.65 bits per heavy atom. The van der Waals surface area contributed by atoms with Gasteiger partial charge in [-0.25, -0.2) is 0 Å². The summed E-state index contributed by atoms with van der Waals surface area (Å²) in [5.41, 5.74) is 2.48. The molecule has 0 aliphatic heterocycles. The Morgan fingerprint density at radius 2 is 1.15 bits per heavy atom. The van der Waals surface area contributed by atoms with Gasteiger partial charge in [-0.3, -0.25) is 9.59 Å². The van der Waals surface area contributed by atoms with E-state index in [1.54, 1.807) is 6.08 Å². The molecule has 4 heteroatoms. The highest BCUT2D eigenvalue weighted by molar-refractivity contribution is 5.69. The van der Waals surface area contributed by atoms with Gasteiger partial charge in [0, 0.05) is 12.8 Å². The first kappa shape index (κ1) is 29.7. The van der Waals surface area contributed by atoms with E-state index in [2.05, 4.69) is 37.4 Å². The Kier molecular flexibility index (Phi) is 16.6. The van der Waals surface area contributed by atoms with Crippen LogP contribution in [0.15, 0.2) is 49.6 Å². The highest BCUT2D eigenvalue weighted by atomic mass is 16.5. The summed E-state index contributed by atoms with van der Waals surface area (Å²) in [4.78, 5) is 23.7. The van der Waals surface area contributed by atoms with Crippen molar-refractivity contribution in [3.63, 3.8) is 0 Å². The van der Waals surface area contributed by atoms with E-state index in [9.17, 15) is 9.59 Å². The van der Waals surface area contributed by atoms with Crippen molar-refractivity contribution in [1.29, 1.82) is 0 Å². The first-order chi connectivity index (χ1) is 16.4. The monoisotopic (exact) mass is 470 g/mol. The van der Waals surface area contributed by atoms with Crippen molar-refractivity contribution in [3.05, 3.63) is 60.7 Å². The van der Waals surface area contributed by atoms with E-state index in [0.29, 0.717) is 19.3 Å². The third-order valence-corrected chi connectivity index (χ3v) is 5.96. The Balaban J connectivity index is 2.17. The second-order valence-electron chi connectivity index (χ2n) is 9.27. The van der Waals surface area contributed by atoms with Crippen LogP contribution in [0.4, 0.5) is 0 Å². The van der Waals surface area contributed by atoms with E-state index >= 15 is 0 Å². The average Bonchev–Trinajstić information content (AvgIpc) is 2.82. The minimum absolute atomic E-state index is 0.0669. The summed E-state index contributed by atoms with van der Waals surface area (Å²) in [5, 5.41) is 0. The summed E-state index contributed by atoms with van der Waals surface area (Å²) < 4.78 is 11.0. The van der Waals surface area contributed by atoms with Crippen molar-refractivity contribution in [1.82, 2.24) is 0 Å². The summed E-state index contributed by atoms with van der Waals surface area (Å²) >= 11 is 0. The van der Waals surface area contributed by atoms with Gasteiger partial charge in [0.05, 0.1) is 12.2 Å². The molecule has 0 N–H and O–H groups in total. The van der Waals surface area contributed by atoms with Gasteiger partial charge < -0.3 is 9.47 Å². The molecule has 0 radical (unpaired) electrons. The lowest BCUT2D eigenvalue weighted by Crippen LogP contribution is -2.15. The van der Waals surface area contributed by atoms with Gasteiger partial charge in [0.25, 0.3) is 0 Å².